The molecule has 2 aromatic carbocycles. The van der Waals surface area contributed by atoms with Gasteiger partial charge in [-0.1, -0.05) is 18.2 Å². The van der Waals surface area contributed by atoms with Crippen LogP contribution in [-0.2, 0) is 0 Å². The number of benzene rings is 2. The third-order valence-corrected chi connectivity index (χ3v) is 7.33. The highest BCUT2D eigenvalue weighted by Gasteiger charge is 2.30. The number of anilines is 3. The van der Waals surface area contributed by atoms with E-state index in [9.17, 15) is 4.79 Å². The summed E-state index contributed by atoms with van der Waals surface area (Å²) in [5, 5.41) is 6.75. The minimum Gasteiger partial charge on any atom is -0.324 e. The minimum atomic E-state index is -0.148. The molecule has 1 fully saturated rings. The number of aryl methyl sites for hydroxylation is 1. The van der Waals surface area contributed by atoms with Gasteiger partial charge in [-0.15, -0.1) is 0 Å². The molecular weight excluding hydrogens is 544 g/mol. The average molecular weight is 573 g/mol. The van der Waals surface area contributed by atoms with Crippen LogP contribution in [0, 0.1) is 6.92 Å². The number of rotatable bonds is 7. The van der Waals surface area contributed by atoms with Crippen molar-refractivity contribution in [2.45, 2.75) is 20.0 Å². The summed E-state index contributed by atoms with van der Waals surface area (Å²) in [5.74, 6) is 0.381. The maximum absolute atomic E-state index is 14.0. The van der Waals surface area contributed by atoms with E-state index in [1.807, 2.05) is 60.4 Å². The number of amides is 1. The second-order valence-corrected chi connectivity index (χ2v) is 9.94. The van der Waals surface area contributed by atoms with Crippen LogP contribution in [0.2, 0.25) is 0 Å². The molecule has 194 valence electrons. The Hall–Kier alpha value is -3.73. The van der Waals surface area contributed by atoms with Crippen molar-refractivity contribution in [3.05, 3.63) is 89.0 Å². The molecule has 1 atom stereocenters. The third-order valence-electron chi connectivity index (χ3n) is 6.63. The molecule has 0 saturated carbocycles. The van der Waals surface area contributed by atoms with Gasteiger partial charge < -0.3 is 10.6 Å². The molecule has 2 aromatic heterocycles. The molecule has 38 heavy (non-hydrogen) atoms. The molecular formula is C28H29BrN8O. The smallest absolute Gasteiger partial charge is 0.260 e. The number of hydrogen-bond donors (Lipinski definition) is 2. The summed E-state index contributed by atoms with van der Waals surface area (Å²) in [6.07, 6.45) is 6.47. The molecule has 5 rings (SSSR count). The Balaban J connectivity index is 1.50. The molecule has 1 unspecified atom stereocenters. The summed E-state index contributed by atoms with van der Waals surface area (Å²) < 4.78 is 0.767. The quantitative estimate of drug-likeness (QED) is 0.330. The number of aromatic nitrogens is 4. The van der Waals surface area contributed by atoms with Gasteiger partial charge in [0.1, 0.15) is 6.33 Å². The predicted molar refractivity (Wildman–Crippen MR) is 152 cm³/mol. The first kappa shape index (κ1) is 25.9. The SMILES string of the molecule is Cc1ccc(N(C(=O)c2ccccc2Br)C(C)N2CCNCC2)cc1Nc1nccc(-c2cncnc2)n1. The Bertz CT molecular complexity index is 1410. The molecule has 0 spiro atoms. The van der Waals surface area contributed by atoms with Crippen LogP contribution in [0.15, 0.2) is 77.9 Å². The zero-order valence-corrected chi connectivity index (χ0v) is 22.9. The van der Waals surface area contributed by atoms with Gasteiger partial charge in [-0.25, -0.2) is 19.9 Å². The highest BCUT2D eigenvalue weighted by molar-refractivity contribution is 9.10. The Morgan fingerprint density at radius 2 is 1.87 bits per heavy atom. The van der Waals surface area contributed by atoms with E-state index in [0.717, 1.165) is 58.8 Å². The molecule has 2 N–H and O–H groups in total. The molecule has 3 heterocycles. The monoisotopic (exact) mass is 572 g/mol. The van der Waals surface area contributed by atoms with Crippen LogP contribution in [0.5, 0.6) is 0 Å². The van der Waals surface area contributed by atoms with Gasteiger partial charge in [0.25, 0.3) is 5.91 Å². The van der Waals surface area contributed by atoms with E-state index in [4.69, 9.17) is 0 Å². The number of carbonyl (C=O) groups is 1. The van der Waals surface area contributed by atoms with Crippen LogP contribution in [0.3, 0.4) is 0 Å². The van der Waals surface area contributed by atoms with Crippen molar-refractivity contribution in [3.8, 4) is 11.3 Å². The van der Waals surface area contributed by atoms with Crippen LogP contribution in [0.25, 0.3) is 11.3 Å². The van der Waals surface area contributed by atoms with Crippen LogP contribution in [-0.4, -0.2) is 63.1 Å². The topological polar surface area (TPSA) is 99.2 Å². The molecule has 1 amide bonds. The van der Waals surface area contributed by atoms with Gasteiger partial charge in [-0.05, 0) is 65.7 Å². The summed E-state index contributed by atoms with van der Waals surface area (Å²) in [6, 6.07) is 15.4. The largest absolute Gasteiger partial charge is 0.324 e. The van der Waals surface area contributed by atoms with Crippen LogP contribution >= 0.6 is 15.9 Å². The predicted octanol–water partition coefficient (Wildman–Crippen LogP) is 4.65. The van der Waals surface area contributed by atoms with Crippen molar-refractivity contribution in [2.24, 2.45) is 0 Å². The zero-order chi connectivity index (χ0) is 26.5. The fourth-order valence-corrected chi connectivity index (χ4v) is 4.97. The van der Waals surface area contributed by atoms with E-state index >= 15 is 0 Å². The van der Waals surface area contributed by atoms with Crippen LogP contribution in [0.1, 0.15) is 22.8 Å². The Morgan fingerprint density at radius 3 is 2.63 bits per heavy atom. The number of nitrogens with zero attached hydrogens (tertiary/aromatic N) is 6. The van der Waals surface area contributed by atoms with E-state index in [1.165, 1.54) is 6.33 Å². The second-order valence-electron chi connectivity index (χ2n) is 9.09. The number of hydrogen-bond acceptors (Lipinski definition) is 8. The highest BCUT2D eigenvalue weighted by Crippen LogP contribution is 2.30. The summed E-state index contributed by atoms with van der Waals surface area (Å²) in [5.41, 5.74) is 4.76. The summed E-state index contributed by atoms with van der Waals surface area (Å²) >= 11 is 3.57. The first-order valence-electron chi connectivity index (χ1n) is 12.5. The van der Waals surface area contributed by atoms with Gasteiger partial charge in [0, 0.05) is 66.2 Å². The average Bonchev–Trinajstić information content (AvgIpc) is 2.96. The molecule has 10 heteroatoms. The molecule has 4 aromatic rings. The van der Waals surface area contributed by atoms with Crippen molar-refractivity contribution in [3.63, 3.8) is 0 Å². The first-order valence-corrected chi connectivity index (χ1v) is 13.3. The molecule has 1 saturated heterocycles. The lowest BCUT2D eigenvalue weighted by Gasteiger charge is -2.40. The van der Waals surface area contributed by atoms with Crippen molar-refractivity contribution in [1.29, 1.82) is 0 Å². The third kappa shape index (κ3) is 5.72. The van der Waals surface area contributed by atoms with Crippen molar-refractivity contribution >= 4 is 39.2 Å². The standard InChI is InChI=1S/C28H29BrN8O/c1-19-7-8-22(15-26(19)35-28-33-10-9-25(34-28)21-16-31-18-32-17-21)37(20(2)36-13-11-30-12-14-36)27(38)23-5-3-4-6-24(23)29/h3-10,15-18,20,30H,11-14H2,1-2H3,(H,33,34,35). The van der Waals surface area contributed by atoms with Crippen molar-refractivity contribution in [1.82, 2.24) is 30.2 Å². The van der Waals surface area contributed by atoms with E-state index in [0.29, 0.717) is 11.5 Å². The van der Waals surface area contributed by atoms with Gasteiger partial charge >= 0.3 is 0 Å². The second kappa shape index (κ2) is 11.8. The number of nitrogens with one attached hydrogen (secondary N) is 2. The number of piperazine rings is 1. The lowest BCUT2D eigenvalue weighted by molar-refractivity contribution is 0.0922. The minimum absolute atomic E-state index is 0.0689. The number of halogens is 1. The van der Waals surface area contributed by atoms with Gasteiger partial charge in [0.15, 0.2) is 0 Å². The van der Waals surface area contributed by atoms with Gasteiger partial charge in [0.05, 0.1) is 17.4 Å². The molecule has 1 aliphatic heterocycles. The summed E-state index contributed by atoms with van der Waals surface area (Å²) in [6.45, 7) is 7.61. The number of carbonyl (C=O) groups excluding carboxylic acids is 1. The Labute approximate surface area is 230 Å². The lowest BCUT2D eigenvalue weighted by atomic mass is 10.1. The van der Waals surface area contributed by atoms with Gasteiger partial charge in [0.2, 0.25) is 5.95 Å². The Kier molecular flexibility index (Phi) is 8.02. The van der Waals surface area contributed by atoms with E-state index in [-0.39, 0.29) is 12.1 Å². The fraction of sp³-hybridized carbons (Fsp3) is 0.250. The zero-order valence-electron chi connectivity index (χ0n) is 21.3. The summed E-state index contributed by atoms with van der Waals surface area (Å²) in [7, 11) is 0. The van der Waals surface area contributed by atoms with Crippen LogP contribution < -0.4 is 15.5 Å². The van der Waals surface area contributed by atoms with E-state index in [2.05, 4.69) is 58.3 Å². The normalized spacial score (nSPS) is 14.6. The maximum atomic E-state index is 14.0. The summed E-state index contributed by atoms with van der Waals surface area (Å²) in [4.78, 5) is 35.4. The first-order chi connectivity index (χ1) is 18.5. The molecule has 0 aliphatic carbocycles. The van der Waals surface area contributed by atoms with E-state index < -0.39 is 0 Å². The molecule has 1 aliphatic rings. The maximum Gasteiger partial charge on any atom is 0.260 e. The van der Waals surface area contributed by atoms with E-state index in [1.54, 1.807) is 18.6 Å². The fourth-order valence-electron chi connectivity index (χ4n) is 4.51. The van der Waals surface area contributed by atoms with Crippen molar-refractivity contribution in [2.75, 3.05) is 36.4 Å². The van der Waals surface area contributed by atoms with Gasteiger partial charge in [-0.2, -0.15) is 0 Å². The molecule has 0 radical (unpaired) electrons. The molecule has 0 bridgehead atoms. The van der Waals surface area contributed by atoms with Gasteiger partial charge in [-0.3, -0.25) is 14.6 Å². The highest BCUT2D eigenvalue weighted by atomic mass is 79.9. The Morgan fingerprint density at radius 1 is 1.11 bits per heavy atom. The molecule has 9 nitrogen and oxygen atoms in total. The lowest BCUT2D eigenvalue weighted by Crippen LogP contribution is -2.55. The van der Waals surface area contributed by atoms with Crippen LogP contribution in [0.4, 0.5) is 17.3 Å². The van der Waals surface area contributed by atoms with Crippen molar-refractivity contribution < 1.29 is 4.79 Å².